The third-order valence-electron chi connectivity index (χ3n) is 4.56. The third kappa shape index (κ3) is 3.13. The van der Waals surface area contributed by atoms with Crippen LogP contribution in [0.5, 0.6) is 0 Å². The van der Waals surface area contributed by atoms with Crippen LogP contribution in [0.1, 0.15) is 51.5 Å². The highest BCUT2D eigenvalue weighted by Crippen LogP contribution is 2.37. The molecular formula is C17H22ClN3. The fourth-order valence-electron chi connectivity index (χ4n) is 3.48. The smallest absolute Gasteiger partial charge is 0.225 e. The number of hydrogen-bond acceptors (Lipinski definition) is 2. The minimum Gasteiger partial charge on any atom is -0.295 e. The van der Waals surface area contributed by atoms with Gasteiger partial charge in [-0.15, -0.1) is 10.2 Å². The van der Waals surface area contributed by atoms with Crippen LogP contribution in [0, 0.1) is 5.92 Å². The maximum absolute atomic E-state index is 6.32. The fraction of sp³-hybridized carbons (Fsp3) is 0.529. The quantitative estimate of drug-likeness (QED) is 0.784. The van der Waals surface area contributed by atoms with Gasteiger partial charge in [0.15, 0.2) is 5.82 Å². The van der Waals surface area contributed by atoms with Gasteiger partial charge in [0.25, 0.3) is 0 Å². The maximum atomic E-state index is 6.32. The number of hydrogen-bond donors (Lipinski definition) is 0. The van der Waals surface area contributed by atoms with E-state index in [0.29, 0.717) is 11.3 Å². The zero-order valence-corrected chi connectivity index (χ0v) is 13.3. The standard InChI is InChI=1S/C17H22ClN3/c1-2-6-13-9-11-15(12-10-13)21-16(19-20-17(21)18)14-7-4-3-5-8-14/h3-5,7-8,13,15H,2,6,9-12H2,1H3. The van der Waals surface area contributed by atoms with E-state index in [-0.39, 0.29) is 0 Å². The van der Waals surface area contributed by atoms with Gasteiger partial charge in [0.05, 0.1) is 0 Å². The zero-order chi connectivity index (χ0) is 14.7. The van der Waals surface area contributed by atoms with Crippen LogP contribution in [0.4, 0.5) is 0 Å². The molecule has 0 saturated heterocycles. The van der Waals surface area contributed by atoms with Crippen molar-refractivity contribution in [3.63, 3.8) is 0 Å². The van der Waals surface area contributed by atoms with Crippen molar-refractivity contribution in [1.29, 1.82) is 0 Å². The average Bonchev–Trinajstić information content (AvgIpc) is 2.91. The SMILES string of the molecule is CCCC1CCC(n2c(Cl)nnc2-c2ccccc2)CC1. The summed E-state index contributed by atoms with van der Waals surface area (Å²) in [4.78, 5) is 0. The predicted octanol–water partition coefficient (Wildman–Crippen LogP) is 5.13. The molecule has 0 N–H and O–H groups in total. The van der Waals surface area contributed by atoms with E-state index < -0.39 is 0 Å². The summed E-state index contributed by atoms with van der Waals surface area (Å²) in [6.45, 7) is 2.27. The van der Waals surface area contributed by atoms with E-state index in [0.717, 1.165) is 17.3 Å². The van der Waals surface area contributed by atoms with Gasteiger partial charge in [-0.3, -0.25) is 4.57 Å². The Bertz CT molecular complexity index is 571. The lowest BCUT2D eigenvalue weighted by atomic mass is 9.83. The number of halogens is 1. The van der Waals surface area contributed by atoms with Gasteiger partial charge in [-0.25, -0.2) is 0 Å². The van der Waals surface area contributed by atoms with Gasteiger partial charge in [-0.05, 0) is 43.2 Å². The summed E-state index contributed by atoms with van der Waals surface area (Å²) in [5.74, 6) is 1.79. The Kier molecular flexibility index (Phi) is 4.59. The molecule has 3 nitrogen and oxygen atoms in total. The first kappa shape index (κ1) is 14.6. The largest absolute Gasteiger partial charge is 0.295 e. The molecule has 4 heteroatoms. The summed E-state index contributed by atoms with van der Waals surface area (Å²) in [6.07, 6.45) is 7.60. The predicted molar refractivity (Wildman–Crippen MR) is 86.4 cm³/mol. The normalized spacial score (nSPS) is 22.4. The van der Waals surface area contributed by atoms with Crippen LogP contribution < -0.4 is 0 Å². The first-order valence-corrected chi connectivity index (χ1v) is 8.33. The number of aromatic nitrogens is 3. The Morgan fingerprint density at radius 2 is 1.81 bits per heavy atom. The van der Waals surface area contributed by atoms with Gasteiger partial charge in [-0.1, -0.05) is 50.1 Å². The van der Waals surface area contributed by atoms with E-state index >= 15 is 0 Å². The highest BCUT2D eigenvalue weighted by atomic mass is 35.5. The Hall–Kier alpha value is -1.35. The Balaban J connectivity index is 1.82. The molecule has 1 aromatic carbocycles. The van der Waals surface area contributed by atoms with Crippen molar-refractivity contribution in [1.82, 2.24) is 14.8 Å². The molecule has 0 unspecified atom stereocenters. The summed E-state index contributed by atoms with van der Waals surface area (Å²) < 4.78 is 2.14. The molecular weight excluding hydrogens is 282 g/mol. The van der Waals surface area contributed by atoms with Crippen molar-refractivity contribution < 1.29 is 0 Å². The summed E-state index contributed by atoms with van der Waals surface area (Å²) in [7, 11) is 0. The second kappa shape index (κ2) is 6.61. The fourth-order valence-corrected chi connectivity index (χ4v) is 3.74. The lowest BCUT2D eigenvalue weighted by Crippen LogP contribution is -2.19. The maximum Gasteiger partial charge on any atom is 0.225 e. The van der Waals surface area contributed by atoms with Gasteiger partial charge in [0.1, 0.15) is 0 Å². The van der Waals surface area contributed by atoms with Crippen LogP contribution in [0.15, 0.2) is 30.3 Å². The molecule has 3 rings (SSSR count). The monoisotopic (exact) mass is 303 g/mol. The topological polar surface area (TPSA) is 30.7 Å². The minimum absolute atomic E-state index is 0.441. The summed E-state index contributed by atoms with van der Waals surface area (Å²) in [5, 5.41) is 8.92. The van der Waals surface area contributed by atoms with Gasteiger partial charge in [0.2, 0.25) is 5.28 Å². The molecule has 1 aromatic heterocycles. The molecule has 0 aliphatic heterocycles. The number of nitrogens with zero attached hydrogens (tertiary/aromatic N) is 3. The zero-order valence-electron chi connectivity index (χ0n) is 12.5. The first-order valence-electron chi connectivity index (χ1n) is 7.95. The molecule has 112 valence electrons. The number of rotatable bonds is 4. The van der Waals surface area contributed by atoms with Crippen LogP contribution in [-0.4, -0.2) is 14.8 Å². The Morgan fingerprint density at radius 1 is 1.10 bits per heavy atom. The van der Waals surface area contributed by atoms with Gasteiger partial charge >= 0.3 is 0 Å². The van der Waals surface area contributed by atoms with E-state index in [2.05, 4.69) is 33.8 Å². The number of benzene rings is 1. The van der Waals surface area contributed by atoms with Crippen molar-refractivity contribution >= 4 is 11.6 Å². The molecule has 0 atom stereocenters. The molecule has 21 heavy (non-hydrogen) atoms. The molecule has 0 bridgehead atoms. The molecule has 1 fully saturated rings. The van der Waals surface area contributed by atoms with Crippen molar-refractivity contribution in [2.75, 3.05) is 0 Å². The van der Waals surface area contributed by atoms with E-state index in [4.69, 9.17) is 11.6 Å². The van der Waals surface area contributed by atoms with E-state index in [9.17, 15) is 0 Å². The second-order valence-electron chi connectivity index (χ2n) is 5.99. The van der Waals surface area contributed by atoms with Crippen LogP contribution in [-0.2, 0) is 0 Å². The first-order chi connectivity index (χ1) is 10.3. The van der Waals surface area contributed by atoms with E-state index in [1.807, 2.05) is 18.2 Å². The summed E-state index contributed by atoms with van der Waals surface area (Å²) in [5.41, 5.74) is 1.09. The molecule has 0 radical (unpaired) electrons. The average molecular weight is 304 g/mol. The third-order valence-corrected chi connectivity index (χ3v) is 4.82. The molecule has 2 aromatic rings. The van der Waals surface area contributed by atoms with Crippen molar-refractivity contribution in [3.05, 3.63) is 35.6 Å². The molecule has 0 spiro atoms. The van der Waals surface area contributed by atoms with Gasteiger partial charge in [0, 0.05) is 11.6 Å². The molecule has 1 aliphatic rings. The molecule has 0 amide bonds. The summed E-state index contributed by atoms with van der Waals surface area (Å²) in [6, 6.07) is 10.7. The van der Waals surface area contributed by atoms with Crippen LogP contribution in [0.3, 0.4) is 0 Å². The highest BCUT2D eigenvalue weighted by Gasteiger charge is 2.26. The van der Waals surface area contributed by atoms with Crippen molar-refractivity contribution in [2.24, 2.45) is 5.92 Å². The van der Waals surface area contributed by atoms with Crippen molar-refractivity contribution in [3.8, 4) is 11.4 Å². The van der Waals surface area contributed by atoms with Crippen LogP contribution >= 0.6 is 11.6 Å². The molecule has 1 saturated carbocycles. The lowest BCUT2D eigenvalue weighted by Gasteiger charge is -2.30. The summed E-state index contributed by atoms with van der Waals surface area (Å²) >= 11 is 6.32. The Labute approximate surface area is 131 Å². The molecule has 1 aliphatic carbocycles. The van der Waals surface area contributed by atoms with E-state index in [1.165, 1.54) is 38.5 Å². The highest BCUT2D eigenvalue weighted by molar-refractivity contribution is 6.28. The van der Waals surface area contributed by atoms with Crippen LogP contribution in [0.25, 0.3) is 11.4 Å². The Morgan fingerprint density at radius 3 is 2.48 bits per heavy atom. The lowest BCUT2D eigenvalue weighted by molar-refractivity contribution is 0.263. The van der Waals surface area contributed by atoms with Gasteiger partial charge in [-0.2, -0.15) is 0 Å². The molecule has 1 heterocycles. The minimum atomic E-state index is 0.441. The van der Waals surface area contributed by atoms with E-state index in [1.54, 1.807) is 0 Å². The van der Waals surface area contributed by atoms with Crippen LogP contribution in [0.2, 0.25) is 5.28 Å². The van der Waals surface area contributed by atoms with Gasteiger partial charge < -0.3 is 0 Å². The van der Waals surface area contributed by atoms with Crippen molar-refractivity contribution in [2.45, 2.75) is 51.5 Å². The second-order valence-corrected chi connectivity index (χ2v) is 6.33.